The summed E-state index contributed by atoms with van der Waals surface area (Å²) in [5.41, 5.74) is 4.41. The maximum absolute atomic E-state index is 13.5. The van der Waals surface area contributed by atoms with Crippen molar-refractivity contribution in [3.8, 4) is 0 Å². The molecule has 2 bridgehead atoms. The summed E-state index contributed by atoms with van der Waals surface area (Å²) in [7, 11) is 0. The van der Waals surface area contributed by atoms with Gasteiger partial charge in [0.05, 0.1) is 6.04 Å². The van der Waals surface area contributed by atoms with Gasteiger partial charge in [-0.1, -0.05) is 30.3 Å². The molecule has 5 atom stereocenters. The van der Waals surface area contributed by atoms with Crippen LogP contribution in [0.2, 0.25) is 0 Å². The molecule has 1 aliphatic heterocycles. The highest BCUT2D eigenvalue weighted by molar-refractivity contribution is 6.04. The zero-order valence-corrected chi connectivity index (χ0v) is 17.5. The van der Waals surface area contributed by atoms with Crippen LogP contribution in [0.5, 0.6) is 0 Å². The number of rotatable bonds is 3. The van der Waals surface area contributed by atoms with Gasteiger partial charge in [-0.05, 0) is 84.4 Å². The number of anilines is 2. The van der Waals surface area contributed by atoms with E-state index in [9.17, 15) is 13.6 Å². The van der Waals surface area contributed by atoms with Crippen molar-refractivity contribution in [3.63, 3.8) is 0 Å². The first kappa shape index (κ1) is 19.5. The molecule has 3 aromatic carbocycles. The number of halogens is 2. The van der Waals surface area contributed by atoms with E-state index in [1.807, 2.05) is 12.1 Å². The Bertz CT molecular complexity index is 1200. The van der Waals surface area contributed by atoms with Crippen molar-refractivity contribution in [2.45, 2.75) is 31.2 Å². The highest BCUT2D eigenvalue weighted by atomic mass is 19.2. The van der Waals surface area contributed by atoms with E-state index in [0.717, 1.165) is 17.8 Å². The fourth-order valence-corrected chi connectivity index (χ4v) is 6.39. The smallest absolute Gasteiger partial charge is 0.255 e. The van der Waals surface area contributed by atoms with Gasteiger partial charge < -0.3 is 10.6 Å². The van der Waals surface area contributed by atoms with Gasteiger partial charge in [0.2, 0.25) is 0 Å². The molecule has 1 amide bonds. The topological polar surface area (TPSA) is 41.1 Å². The quantitative estimate of drug-likeness (QED) is 0.497. The molecule has 2 N–H and O–H groups in total. The summed E-state index contributed by atoms with van der Waals surface area (Å²) < 4.78 is 26.7. The van der Waals surface area contributed by atoms with Crippen LogP contribution >= 0.6 is 0 Å². The van der Waals surface area contributed by atoms with Gasteiger partial charge in [-0.15, -0.1) is 0 Å². The lowest BCUT2D eigenvalue weighted by Gasteiger charge is -2.43. The fourth-order valence-electron chi connectivity index (χ4n) is 6.39. The summed E-state index contributed by atoms with van der Waals surface area (Å²) >= 11 is 0. The minimum atomic E-state index is -0.978. The molecular weight excluding hydrogens is 406 g/mol. The lowest BCUT2D eigenvalue weighted by Crippen LogP contribution is -2.35. The van der Waals surface area contributed by atoms with Crippen LogP contribution in [0.15, 0.2) is 66.7 Å². The fraction of sp³-hybridized carbons (Fsp3) is 0.296. The number of amides is 1. The van der Waals surface area contributed by atoms with Gasteiger partial charge in [-0.25, -0.2) is 8.78 Å². The number of hydrogen-bond donors (Lipinski definition) is 2. The van der Waals surface area contributed by atoms with Crippen molar-refractivity contribution in [1.29, 1.82) is 0 Å². The Kier molecular flexibility index (Phi) is 4.53. The maximum Gasteiger partial charge on any atom is 0.255 e. The minimum absolute atomic E-state index is 0.242. The maximum atomic E-state index is 13.5. The Morgan fingerprint density at radius 2 is 1.72 bits per heavy atom. The zero-order chi connectivity index (χ0) is 21.8. The molecule has 2 fully saturated rings. The van der Waals surface area contributed by atoms with E-state index >= 15 is 0 Å². The molecule has 162 valence electrons. The number of fused-ring (bicyclic) bond motifs is 7. The summed E-state index contributed by atoms with van der Waals surface area (Å²) in [5.74, 6) is 0.0903. The highest BCUT2D eigenvalue weighted by Gasteiger charge is 2.53. The molecule has 0 spiro atoms. The lowest BCUT2D eigenvalue weighted by atomic mass is 9.68. The summed E-state index contributed by atoms with van der Waals surface area (Å²) in [6.07, 6.45) is 3.78. The van der Waals surface area contributed by atoms with Crippen LogP contribution in [-0.2, 0) is 0 Å². The molecule has 0 unspecified atom stereocenters. The lowest BCUT2D eigenvalue weighted by molar-refractivity contribution is 0.102. The first-order valence-electron chi connectivity index (χ1n) is 11.3. The van der Waals surface area contributed by atoms with Crippen molar-refractivity contribution in [2.75, 3.05) is 10.6 Å². The molecule has 5 heteroatoms. The van der Waals surface area contributed by atoms with E-state index in [1.165, 1.54) is 36.5 Å². The number of carbonyl (C=O) groups excluding carboxylic acids is 1. The predicted molar refractivity (Wildman–Crippen MR) is 121 cm³/mol. The Hall–Kier alpha value is -3.21. The van der Waals surface area contributed by atoms with E-state index in [2.05, 4.69) is 41.0 Å². The molecule has 0 saturated heterocycles. The number of carbonyl (C=O) groups is 1. The monoisotopic (exact) mass is 430 g/mol. The third-order valence-electron chi connectivity index (χ3n) is 7.69. The molecule has 3 aromatic rings. The molecule has 2 aliphatic carbocycles. The average molecular weight is 430 g/mol. The highest BCUT2D eigenvalue weighted by Crippen LogP contribution is 2.63. The largest absolute Gasteiger partial charge is 0.378 e. The Balaban J connectivity index is 1.34. The third kappa shape index (κ3) is 3.10. The number of nitrogens with one attached hydrogen (secondary N) is 2. The van der Waals surface area contributed by atoms with E-state index in [1.54, 1.807) is 6.07 Å². The van der Waals surface area contributed by atoms with Gasteiger partial charge in [0, 0.05) is 23.0 Å². The molecule has 6 rings (SSSR count). The molecular formula is C27H24F2N2O. The normalized spacial score (nSPS) is 27.4. The van der Waals surface area contributed by atoms with Gasteiger partial charge in [0.25, 0.3) is 5.91 Å². The number of hydrogen-bond acceptors (Lipinski definition) is 2. The van der Waals surface area contributed by atoms with Gasteiger partial charge in [-0.3, -0.25) is 4.79 Å². The average Bonchev–Trinajstić information content (AvgIpc) is 3.44. The van der Waals surface area contributed by atoms with Crippen LogP contribution in [0, 0.1) is 29.4 Å². The molecule has 3 nitrogen and oxygen atoms in total. The van der Waals surface area contributed by atoms with Gasteiger partial charge in [-0.2, -0.15) is 0 Å². The van der Waals surface area contributed by atoms with E-state index in [-0.39, 0.29) is 17.6 Å². The van der Waals surface area contributed by atoms with Gasteiger partial charge in [0.1, 0.15) is 0 Å². The SMILES string of the molecule is O=C(Nc1ccc(F)c(F)c1)c1ccc2c(c1)[C@@H]1[C@@H]3CC[C@@H](C3)[C@@H]1[C@@H](c1ccccc1)N2. The summed E-state index contributed by atoms with van der Waals surface area (Å²) in [6, 6.07) is 20.1. The van der Waals surface area contributed by atoms with Gasteiger partial charge >= 0.3 is 0 Å². The molecule has 0 radical (unpaired) electrons. The van der Waals surface area contributed by atoms with E-state index in [4.69, 9.17) is 0 Å². The van der Waals surface area contributed by atoms with Crippen molar-refractivity contribution >= 4 is 17.3 Å². The van der Waals surface area contributed by atoms with Crippen LogP contribution in [-0.4, -0.2) is 5.91 Å². The summed E-state index contributed by atoms with van der Waals surface area (Å²) in [5, 5.41) is 6.47. The molecule has 3 aliphatic rings. The Morgan fingerprint density at radius 3 is 2.53 bits per heavy atom. The van der Waals surface area contributed by atoms with Crippen molar-refractivity contribution in [1.82, 2.24) is 0 Å². The van der Waals surface area contributed by atoms with Gasteiger partial charge in [0.15, 0.2) is 11.6 Å². The summed E-state index contributed by atoms with van der Waals surface area (Å²) in [6.45, 7) is 0. The van der Waals surface area contributed by atoms with Crippen LogP contribution in [0.4, 0.5) is 20.2 Å². The second-order valence-electron chi connectivity index (χ2n) is 9.35. The third-order valence-corrected chi connectivity index (χ3v) is 7.69. The molecule has 32 heavy (non-hydrogen) atoms. The second-order valence-corrected chi connectivity index (χ2v) is 9.35. The minimum Gasteiger partial charge on any atom is -0.378 e. The van der Waals surface area contributed by atoms with Crippen molar-refractivity contribution in [2.24, 2.45) is 17.8 Å². The van der Waals surface area contributed by atoms with Crippen LogP contribution in [0.1, 0.15) is 52.7 Å². The zero-order valence-electron chi connectivity index (χ0n) is 17.5. The standard InChI is InChI=1S/C27H24F2N2O/c28-21-10-9-19(14-22(21)29)30-27(32)18-8-11-23-20(13-18)24-16-6-7-17(12-16)25(24)26(31-23)15-4-2-1-3-5-15/h1-5,8-11,13-14,16-17,24-26,31H,6-7,12H2,(H,30,32)/t16-,17+,24+,25+,26-/m1/s1. The van der Waals surface area contributed by atoms with Crippen LogP contribution in [0.3, 0.4) is 0 Å². The Morgan fingerprint density at radius 1 is 0.906 bits per heavy atom. The van der Waals surface area contributed by atoms with Crippen LogP contribution in [0.25, 0.3) is 0 Å². The molecule has 1 heterocycles. The first-order chi connectivity index (χ1) is 15.6. The van der Waals surface area contributed by atoms with Crippen molar-refractivity contribution in [3.05, 3.63) is 95.1 Å². The Labute approximate surface area is 185 Å². The molecule has 2 saturated carbocycles. The van der Waals surface area contributed by atoms with Crippen LogP contribution < -0.4 is 10.6 Å². The van der Waals surface area contributed by atoms with Crippen molar-refractivity contribution < 1.29 is 13.6 Å². The number of benzene rings is 3. The second kappa shape index (κ2) is 7.44. The molecule has 0 aromatic heterocycles. The summed E-state index contributed by atoms with van der Waals surface area (Å²) in [4.78, 5) is 12.9. The predicted octanol–water partition coefficient (Wildman–Crippen LogP) is 6.51. The first-order valence-corrected chi connectivity index (χ1v) is 11.3. The van der Waals surface area contributed by atoms with E-state index in [0.29, 0.717) is 29.2 Å². The van der Waals surface area contributed by atoms with E-state index < -0.39 is 11.6 Å².